The van der Waals surface area contributed by atoms with Gasteiger partial charge >= 0.3 is 5.97 Å². The van der Waals surface area contributed by atoms with E-state index >= 15 is 0 Å². The zero-order chi connectivity index (χ0) is 26.3. The second-order valence-electron chi connectivity index (χ2n) is 8.22. The largest absolute Gasteiger partial charge is 0.480 e. The van der Waals surface area contributed by atoms with Crippen LogP contribution in [0.2, 0.25) is 0 Å². The number of rotatable bonds is 12. The van der Waals surface area contributed by atoms with Crippen molar-refractivity contribution in [3.8, 4) is 11.1 Å². The quantitative estimate of drug-likeness (QED) is 0.236. The Morgan fingerprint density at radius 3 is 2.51 bits per heavy atom. The molecule has 5 N–H and O–H groups in total. The first-order valence-corrected chi connectivity index (χ1v) is 12.9. The Hall–Kier alpha value is -4.23. The summed E-state index contributed by atoms with van der Waals surface area (Å²) in [4.78, 5) is 36.2. The molecule has 37 heavy (non-hydrogen) atoms. The van der Waals surface area contributed by atoms with E-state index in [2.05, 4.69) is 30.5 Å². The maximum Gasteiger partial charge on any atom is 0.323 e. The van der Waals surface area contributed by atoms with Gasteiger partial charge in [-0.25, -0.2) is 13.4 Å². The molecule has 1 amide bonds. The smallest absolute Gasteiger partial charge is 0.323 e. The highest BCUT2D eigenvalue weighted by Crippen LogP contribution is 2.21. The number of nitrogens with zero attached hydrogens (tertiary/aromatic N) is 2. The molecule has 0 spiro atoms. The van der Waals surface area contributed by atoms with Gasteiger partial charge in [-0.3, -0.25) is 9.59 Å². The Morgan fingerprint density at radius 1 is 1.11 bits per heavy atom. The first-order valence-electron chi connectivity index (χ1n) is 11.4. The maximum absolute atomic E-state index is 12.8. The van der Waals surface area contributed by atoms with E-state index in [4.69, 9.17) is 4.84 Å². The van der Waals surface area contributed by atoms with Gasteiger partial charge in [0.2, 0.25) is 16.1 Å². The average molecular weight is 527 g/mol. The van der Waals surface area contributed by atoms with Crippen LogP contribution < -0.4 is 15.4 Å². The summed E-state index contributed by atoms with van der Waals surface area (Å²) in [5, 5.41) is 18.9. The topological polar surface area (TPSA) is 175 Å². The molecular weight excluding hydrogens is 500 g/mol. The molecule has 2 atom stereocenters. The van der Waals surface area contributed by atoms with Crippen LogP contribution in [0.25, 0.3) is 11.1 Å². The van der Waals surface area contributed by atoms with Crippen LogP contribution >= 0.6 is 0 Å². The molecule has 0 saturated carbocycles. The minimum Gasteiger partial charge on any atom is -0.480 e. The molecule has 0 radical (unpaired) electrons. The van der Waals surface area contributed by atoms with E-state index in [1.807, 2.05) is 30.3 Å². The fourth-order valence-electron chi connectivity index (χ4n) is 3.61. The number of anilines is 1. The number of hydrogen-bond donors (Lipinski definition) is 5. The van der Waals surface area contributed by atoms with Crippen molar-refractivity contribution in [3.05, 3.63) is 67.0 Å². The molecule has 1 aliphatic heterocycles. The fourth-order valence-corrected chi connectivity index (χ4v) is 4.80. The van der Waals surface area contributed by atoms with Crippen molar-refractivity contribution in [2.75, 3.05) is 18.4 Å². The molecule has 194 valence electrons. The zero-order valence-electron chi connectivity index (χ0n) is 19.6. The number of hydrogen-bond acceptors (Lipinski definition) is 8. The Kier molecular flexibility index (Phi) is 8.15. The van der Waals surface area contributed by atoms with Gasteiger partial charge in [0.25, 0.3) is 5.91 Å². The standard InChI is InChI=1S/C24H26N6O6S/c31-22(21-14-18(29-36-21)10-11-25-24-26-12-13-27-24)28-15-20(23(32)33)30-37(34,35)19-8-6-17(7-9-19)16-4-2-1-3-5-16/h1-9,12-13,20-21,30H,10-11,14-15H2,(H,28,31)(H,32,33)(H2,25,26,27). The van der Waals surface area contributed by atoms with Crippen LogP contribution in [0.1, 0.15) is 12.8 Å². The van der Waals surface area contributed by atoms with Crippen LogP contribution in [0.15, 0.2) is 77.0 Å². The minimum absolute atomic E-state index is 0.0925. The Labute approximate surface area is 213 Å². The van der Waals surface area contributed by atoms with Gasteiger partial charge in [0, 0.05) is 38.3 Å². The number of nitrogens with one attached hydrogen (secondary N) is 4. The lowest BCUT2D eigenvalue weighted by Crippen LogP contribution is -2.49. The molecule has 0 aliphatic carbocycles. The highest BCUT2D eigenvalue weighted by Gasteiger charge is 2.31. The van der Waals surface area contributed by atoms with E-state index in [1.165, 1.54) is 12.1 Å². The number of carboxylic acid groups (broad SMARTS) is 1. The van der Waals surface area contributed by atoms with E-state index in [0.29, 0.717) is 24.6 Å². The summed E-state index contributed by atoms with van der Waals surface area (Å²) >= 11 is 0. The molecule has 2 unspecified atom stereocenters. The summed E-state index contributed by atoms with van der Waals surface area (Å²) in [6.07, 6.45) is 3.14. The van der Waals surface area contributed by atoms with Crippen LogP contribution in [0.5, 0.6) is 0 Å². The number of aliphatic carboxylic acids is 1. The van der Waals surface area contributed by atoms with E-state index in [1.54, 1.807) is 24.5 Å². The van der Waals surface area contributed by atoms with Crippen molar-refractivity contribution < 1.29 is 28.0 Å². The highest BCUT2D eigenvalue weighted by atomic mass is 32.2. The monoisotopic (exact) mass is 526 g/mol. The van der Waals surface area contributed by atoms with Gasteiger partial charge in [-0.15, -0.1) is 0 Å². The number of benzene rings is 2. The van der Waals surface area contributed by atoms with Crippen LogP contribution in [0.3, 0.4) is 0 Å². The van der Waals surface area contributed by atoms with Crippen molar-refractivity contribution in [1.29, 1.82) is 0 Å². The maximum atomic E-state index is 12.8. The average Bonchev–Trinajstić information content (AvgIpc) is 3.59. The molecule has 2 aromatic carbocycles. The summed E-state index contributed by atoms with van der Waals surface area (Å²) in [7, 11) is -4.16. The molecule has 0 fully saturated rings. The van der Waals surface area contributed by atoms with Gasteiger partial charge in [-0.1, -0.05) is 47.6 Å². The highest BCUT2D eigenvalue weighted by molar-refractivity contribution is 7.89. The van der Waals surface area contributed by atoms with Crippen molar-refractivity contribution in [3.63, 3.8) is 0 Å². The Bertz CT molecular complexity index is 1340. The van der Waals surface area contributed by atoms with Gasteiger partial charge in [0.1, 0.15) is 6.04 Å². The van der Waals surface area contributed by atoms with Crippen LogP contribution in [0, 0.1) is 0 Å². The first-order chi connectivity index (χ1) is 17.8. The number of amides is 1. The molecule has 12 nitrogen and oxygen atoms in total. The third-order valence-corrected chi connectivity index (χ3v) is 7.06. The number of carbonyl (C=O) groups excluding carboxylic acids is 1. The van der Waals surface area contributed by atoms with Gasteiger partial charge in [0.15, 0.2) is 5.95 Å². The third-order valence-electron chi connectivity index (χ3n) is 5.57. The van der Waals surface area contributed by atoms with E-state index in [0.717, 1.165) is 11.1 Å². The molecule has 0 saturated heterocycles. The number of sulfonamides is 1. The second-order valence-corrected chi connectivity index (χ2v) is 9.93. The van der Waals surface area contributed by atoms with Crippen molar-refractivity contribution in [2.24, 2.45) is 5.16 Å². The van der Waals surface area contributed by atoms with Crippen LogP contribution in [0.4, 0.5) is 5.95 Å². The lowest BCUT2D eigenvalue weighted by Gasteiger charge is -2.17. The Morgan fingerprint density at radius 2 is 1.84 bits per heavy atom. The van der Waals surface area contributed by atoms with Crippen LogP contribution in [-0.2, 0) is 24.4 Å². The Balaban J connectivity index is 1.27. The summed E-state index contributed by atoms with van der Waals surface area (Å²) in [5.74, 6) is -1.41. The SMILES string of the molecule is O=C(O)C(CNC(=O)C1CC(CCNc2ncc[nH]2)=NO1)NS(=O)(=O)c1ccc(-c2ccccc2)cc1. The molecule has 2 heterocycles. The number of imidazole rings is 1. The molecule has 4 rings (SSSR count). The molecular formula is C24H26N6O6S. The normalized spacial score (nSPS) is 15.9. The van der Waals surface area contributed by atoms with Crippen molar-refractivity contribution in [2.45, 2.75) is 29.9 Å². The van der Waals surface area contributed by atoms with Crippen LogP contribution in [-0.4, -0.2) is 66.3 Å². The second kappa shape index (κ2) is 11.7. The zero-order valence-corrected chi connectivity index (χ0v) is 20.4. The van der Waals surface area contributed by atoms with E-state index < -0.39 is 40.6 Å². The molecule has 13 heteroatoms. The number of aromatic nitrogens is 2. The summed E-state index contributed by atoms with van der Waals surface area (Å²) in [6.45, 7) is 0.0595. The fraction of sp³-hybridized carbons (Fsp3) is 0.250. The predicted octanol–water partition coefficient (Wildman–Crippen LogP) is 1.57. The van der Waals surface area contributed by atoms with E-state index in [-0.39, 0.29) is 11.3 Å². The molecule has 1 aliphatic rings. The van der Waals surface area contributed by atoms with Gasteiger partial charge in [-0.2, -0.15) is 4.72 Å². The molecule has 3 aromatic rings. The van der Waals surface area contributed by atoms with Gasteiger partial charge in [-0.05, 0) is 23.3 Å². The summed E-state index contributed by atoms with van der Waals surface area (Å²) in [5.41, 5.74) is 2.39. The van der Waals surface area contributed by atoms with Gasteiger partial charge in [0.05, 0.1) is 10.6 Å². The number of aromatic amines is 1. The third kappa shape index (κ3) is 6.92. The predicted molar refractivity (Wildman–Crippen MR) is 135 cm³/mol. The summed E-state index contributed by atoms with van der Waals surface area (Å²) < 4.78 is 27.7. The number of carbonyl (C=O) groups is 2. The number of oxime groups is 1. The summed E-state index contributed by atoms with van der Waals surface area (Å²) in [6, 6.07) is 13.9. The lowest BCUT2D eigenvalue weighted by atomic mass is 10.1. The number of H-pyrrole nitrogens is 1. The molecule has 0 bridgehead atoms. The van der Waals surface area contributed by atoms with E-state index in [9.17, 15) is 23.1 Å². The molecule has 1 aromatic heterocycles. The number of carboxylic acids is 1. The first kappa shape index (κ1) is 25.9. The lowest BCUT2D eigenvalue weighted by molar-refractivity contribution is -0.139. The van der Waals surface area contributed by atoms with Gasteiger partial charge < -0.3 is 25.6 Å². The van der Waals surface area contributed by atoms with Crippen molar-refractivity contribution in [1.82, 2.24) is 20.0 Å². The van der Waals surface area contributed by atoms with Crippen molar-refractivity contribution >= 4 is 33.6 Å². The minimum atomic E-state index is -4.16.